The largest absolute Gasteiger partial charge is 0.479 e. The van der Waals surface area contributed by atoms with E-state index < -0.39 is 12.1 Å². The van der Waals surface area contributed by atoms with Gasteiger partial charge in [-0.25, -0.2) is 4.79 Å². The molecule has 5 nitrogen and oxygen atoms in total. The Hall–Kier alpha value is -3.08. The second-order valence-electron chi connectivity index (χ2n) is 6.79. The Bertz CT molecular complexity index is 989. The molecule has 0 radical (unpaired) electrons. The van der Waals surface area contributed by atoms with Crippen molar-refractivity contribution >= 4 is 16.9 Å². The van der Waals surface area contributed by atoms with Gasteiger partial charge < -0.3 is 13.9 Å². The number of hydrogen-bond acceptors (Lipinski definition) is 5. The molecule has 3 aromatic rings. The monoisotopic (exact) mass is 366 g/mol. The van der Waals surface area contributed by atoms with Crippen molar-refractivity contribution in [2.45, 2.75) is 26.9 Å². The Balaban J connectivity index is 1.82. The molecule has 0 aliphatic heterocycles. The van der Waals surface area contributed by atoms with Gasteiger partial charge in [-0.15, -0.1) is 0 Å². The fourth-order valence-corrected chi connectivity index (χ4v) is 2.62. The average molecular weight is 366 g/mol. The molecule has 27 heavy (non-hydrogen) atoms. The van der Waals surface area contributed by atoms with Crippen LogP contribution >= 0.6 is 0 Å². The molecule has 0 N–H and O–H groups in total. The Morgan fingerprint density at radius 1 is 1.07 bits per heavy atom. The minimum absolute atomic E-state index is 0.113. The summed E-state index contributed by atoms with van der Waals surface area (Å²) in [4.78, 5) is 24.7. The highest BCUT2D eigenvalue weighted by Crippen LogP contribution is 2.23. The highest BCUT2D eigenvalue weighted by atomic mass is 16.6. The van der Waals surface area contributed by atoms with Gasteiger partial charge in [0.25, 0.3) is 0 Å². The second-order valence-corrected chi connectivity index (χ2v) is 6.79. The SMILES string of the molecule is CC(C)COC(=O)[C@H](C)Oc1ccc2c(=O)c(-c3ccccc3)coc2c1. The molecule has 1 atom stereocenters. The quantitative estimate of drug-likeness (QED) is 0.604. The molecule has 0 bridgehead atoms. The standard InChI is InChI=1S/C22H22O5/c1-14(2)12-26-22(24)15(3)27-17-9-10-18-20(11-17)25-13-19(21(18)23)16-7-5-4-6-8-16/h4-11,13-15H,12H2,1-3H3/t15-/m0/s1. The summed E-state index contributed by atoms with van der Waals surface area (Å²) in [6.07, 6.45) is 0.695. The molecule has 2 aromatic carbocycles. The number of benzene rings is 2. The molecule has 0 unspecified atom stereocenters. The van der Waals surface area contributed by atoms with Crippen molar-refractivity contribution in [2.75, 3.05) is 6.61 Å². The molecule has 0 amide bonds. The van der Waals surface area contributed by atoms with Crippen LogP contribution in [0.4, 0.5) is 0 Å². The first-order chi connectivity index (χ1) is 13.0. The summed E-state index contributed by atoms with van der Waals surface area (Å²) in [5, 5.41) is 0.457. The van der Waals surface area contributed by atoms with Crippen molar-refractivity contribution in [1.82, 2.24) is 0 Å². The summed E-state index contributed by atoms with van der Waals surface area (Å²) in [6.45, 7) is 5.91. The zero-order valence-corrected chi connectivity index (χ0v) is 15.6. The summed E-state index contributed by atoms with van der Waals surface area (Å²) < 4.78 is 16.4. The van der Waals surface area contributed by atoms with E-state index in [1.165, 1.54) is 6.26 Å². The number of carbonyl (C=O) groups is 1. The van der Waals surface area contributed by atoms with E-state index in [2.05, 4.69) is 0 Å². The third-order valence-corrected chi connectivity index (χ3v) is 4.03. The summed E-state index contributed by atoms with van der Waals surface area (Å²) in [6, 6.07) is 14.3. The van der Waals surface area contributed by atoms with E-state index in [1.807, 2.05) is 44.2 Å². The summed E-state index contributed by atoms with van der Waals surface area (Å²) >= 11 is 0. The van der Waals surface area contributed by atoms with E-state index in [0.29, 0.717) is 28.9 Å². The Kier molecular flexibility index (Phi) is 5.60. The molecule has 140 valence electrons. The zero-order valence-electron chi connectivity index (χ0n) is 15.6. The normalized spacial score (nSPS) is 12.1. The lowest BCUT2D eigenvalue weighted by molar-refractivity contribution is -0.152. The average Bonchev–Trinajstić information content (AvgIpc) is 2.67. The predicted molar refractivity (Wildman–Crippen MR) is 104 cm³/mol. The predicted octanol–water partition coefficient (Wildman–Crippen LogP) is 4.43. The van der Waals surface area contributed by atoms with Gasteiger partial charge in [-0.05, 0) is 30.5 Å². The molecule has 1 aromatic heterocycles. The first-order valence-corrected chi connectivity index (χ1v) is 8.90. The maximum Gasteiger partial charge on any atom is 0.347 e. The highest BCUT2D eigenvalue weighted by Gasteiger charge is 2.18. The van der Waals surface area contributed by atoms with Crippen LogP contribution in [-0.2, 0) is 9.53 Å². The number of esters is 1. The van der Waals surface area contributed by atoms with Gasteiger partial charge in [0.2, 0.25) is 0 Å². The van der Waals surface area contributed by atoms with Crippen LogP contribution in [0.5, 0.6) is 5.75 Å². The fraction of sp³-hybridized carbons (Fsp3) is 0.273. The molecule has 0 aliphatic carbocycles. The van der Waals surface area contributed by atoms with Crippen LogP contribution in [-0.4, -0.2) is 18.7 Å². The number of hydrogen-bond donors (Lipinski definition) is 0. The zero-order chi connectivity index (χ0) is 19.4. The molecule has 0 aliphatic rings. The van der Waals surface area contributed by atoms with E-state index in [1.54, 1.807) is 25.1 Å². The minimum atomic E-state index is -0.753. The maximum atomic E-state index is 12.7. The summed E-state index contributed by atoms with van der Waals surface area (Å²) in [7, 11) is 0. The Morgan fingerprint density at radius 2 is 1.81 bits per heavy atom. The van der Waals surface area contributed by atoms with E-state index in [4.69, 9.17) is 13.9 Å². The van der Waals surface area contributed by atoms with Gasteiger partial charge in [0, 0.05) is 6.07 Å². The smallest absolute Gasteiger partial charge is 0.347 e. The summed E-state index contributed by atoms with van der Waals surface area (Å²) in [5.74, 6) is 0.270. The molecule has 0 fully saturated rings. The third kappa shape index (κ3) is 4.37. The third-order valence-electron chi connectivity index (χ3n) is 4.03. The lowest BCUT2D eigenvalue weighted by Crippen LogP contribution is -2.27. The van der Waals surface area contributed by atoms with Crippen molar-refractivity contribution < 1.29 is 18.7 Å². The van der Waals surface area contributed by atoms with Crippen LogP contribution in [0.3, 0.4) is 0 Å². The first kappa shape index (κ1) is 18.7. The topological polar surface area (TPSA) is 65.7 Å². The lowest BCUT2D eigenvalue weighted by atomic mass is 10.1. The van der Waals surface area contributed by atoms with Gasteiger partial charge >= 0.3 is 5.97 Å². The van der Waals surface area contributed by atoms with Gasteiger partial charge in [-0.2, -0.15) is 0 Å². The number of carbonyl (C=O) groups excluding carboxylic acids is 1. The summed E-state index contributed by atoms with van der Waals surface area (Å²) in [5.41, 5.74) is 1.59. The van der Waals surface area contributed by atoms with E-state index in [9.17, 15) is 9.59 Å². The van der Waals surface area contributed by atoms with Gasteiger partial charge in [0.1, 0.15) is 17.6 Å². The van der Waals surface area contributed by atoms with Crippen molar-refractivity contribution in [3.05, 3.63) is 65.0 Å². The van der Waals surface area contributed by atoms with E-state index in [0.717, 1.165) is 5.56 Å². The molecular formula is C22H22O5. The van der Waals surface area contributed by atoms with Gasteiger partial charge in [-0.3, -0.25) is 4.79 Å². The molecule has 3 rings (SSSR count). The van der Waals surface area contributed by atoms with Crippen LogP contribution < -0.4 is 10.2 Å². The number of fused-ring (bicyclic) bond motifs is 1. The first-order valence-electron chi connectivity index (χ1n) is 8.90. The van der Waals surface area contributed by atoms with E-state index >= 15 is 0 Å². The number of rotatable bonds is 6. The van der Waals surface area contributed by atoms with Crippen molar-refractivity contribution in [3.8, 4) is 16.9 Å². The van der Waals surface area contributed by atoms with Crippen molar-refractivity contribution in [2.24, 2.45) is 5.92 Å². The molecule has 0 saturated carbocycles. The molecule has 0 saturated heterocycles. The van der Waals surface area contributed by atoms with Crippen molar-refractivity contribution in [3.63, 3.8) is 0 Å². The van der Waals surface area contributed by atoms with Gasteiger partial charge in [0.15, 0.2) is 11.5 Å². The number of ether oxygens (including phenoxy) is 2. The molecule has 5 heteroatoms. The molecular weight excluding hydrogens is 344 g/mol. The van der Waals surface area contributed by atoms with Crippen molar-refractivity contribution in [1.29, 1.82) is 0 Å². The molecule has 1 heterocycles. The van der Waals surface area contributed by atoms with Gasteiger partial charge in [-0.1, -0.05) is 44.2 Å². The van der Waals surface area contributed by atoms with Crippen LogP contribution in [0, 0.1) is 5.92 Å². The lowest BCUT2D eigenvalue weighted by Gasteiger charge is -2.15. The van der Waals surface area contributed by atoms with Crippen LogP contribution in [0.2, 0.25) is 0 Å². The highest BCUT2D eigenvalue weighted by molar-refractivity contribution is 5.82. The van der Waals surface area contributed by atoms with E-state index in [-0.39, 0.29) is 11.3 Å². The second kappa shape index (κ2) is 8.08. The Labute approximate surface area is 157 Å². The van der Waals surface area contributed by atoms with Gasteiger partial charge in [0.05, 0.1) is 17.6 Å². The molecule has 0 spiro atoms. The maximum absolute atomic E-state index is 12.7. The fourth-order valence-electron chi connectivity index (χ4n) is 2.62. The van der Waals surface area contributed by atoms with Crippen LogP contribution in [0.25, 0.3) is 22.1 Å². The van der Waals surface area contributed by atoms with Crippen LogP contribution in [0.1, 0.15) is 20.8 Å². The van der Waals surface area contributed by atoms with Crippen LogP contribution in [0.15, 0.2) is 64.0 Å². The Morgan fingerprint density at radius 3 is 2.52 bits per heavy atom. The minimum Gasteiger partial charge on any atom is -0.479 e.